The number of anilines is 1. The lowest BCUT2D eigenvalue weighted by atomic mass is 10.1. The summed E-state index contributed by atoms with van der Waals surface area (Å²) in [6, 6.07) is 8.13. The van der Waals surface area contributed by atoms with E-state index in [9.17, 15) is 4.79 Å². The fraction of sp³-hybridized carbons (Fsp3) is 0.400. The predicted octanol–water partition coefficient (Wildman–Crippen LogP) is 3.47. The van der Waals surface area contributed by atoms with E-state index in [1.807, 2.05) is 36.4 Å². The first kappa shape index (κ1) is 14.3. The average molecular weight is 247 g/mol. The van der Waals surface area contributed by atoms with E-state index in [2.05, 4.69) is 26.1 Å². The van der Waals surface area contributed by atoms with Gasteiger partial charge in [-0.05, 0) is 44.5 Å². The van der Waals surface area contributed by atoms with E-state index >= 15 is 0 Å². The van der Waals surface area contributed by atoms with Gasteiger partial charge in [0.1, 0.15) is 6.61 Å². The quantitative estimate of drug-likeness (QED) is 0.828. The van der Waals surface area contributed by atoms with Gasteiger partial charge in [0.2, 0.25) is 0 Å². The minimum Gasteiger partial charge on any atom is -0.462 e. The van der Waals surface area contributed by atoms with Gasteiger partial charge < -0.3 is 10.1 Å². The van der Waals surface area contributed by atoms with E-state index in [1.54, 1.807) is 0 Å². The van der Waals surface area contributed by atoms with Gasteiger partial charge >= 0.3 is 5.97 Å². The lowest BCUT2D eigenvalue weighted by molar-refractivity contribution is -0.139. The summed E-state index contributed by atoms with van der Waals surface area (Å²) < 4.78 is 4.82. The molecule has 0 heterocycles. The highest BCUT2D eigenvalue weighted by Gasteiger charge is 2.08. The summed E-state index contributed by atoms with van der Waals surface area (Å²) in [5.74, 6) is -0.260. The molecule has 1 rings (SSSR count). The molecular weight excluding hydrogens is 226 g/mol. The van der Waals surface area contributed by atoms with Crippen molar-refractivity contribution in [2.45, 2.75) is 33.2 Å². The third kappa shape index (κ3) is 6.09. The zero-order valence-electron chi connectivity index (χ0n) is 11.5. The van der Waals surface area contributed by atoms with Crippen molar-refractivity contribution in [2.24, 2.45) is 0 Å². The summed E-state index contributed by atoms with van der Waals surface area (Å²) >= 11 is 0. The van der Waals surface area contributed by atoms with Gasteiger partial charge in [-0.25, -0.2) is 0 Å². The van der Waals surface area contributed by atoms with E-state index in [-0.39, 0.29) is 11.5 Å². The molecule has 0 aliphatic rings. The van der Waals surface area contributed by atoms with Crippen LogP contribution in [0.3, 0.4) is 0 Å². The monoisotopic (exact) mass is 247 g/mol. The Morgan fingerprint density at radius 3 is 2.39 bits per heavy atom. The number of carbonyl (C=O) groups excluding carboxylic acids is 1. The molecule has 0 amide bonds. The molecule has 0 spiro atoms. The predicted molar refractivity (Wildman–Crippen MR) is 75.5 cm³/mol. The third-order valence-electron chi connectivity index (χ3n) is 2.12. The maximum absolute atomic E-state index is 10.6. The van der Waals surface area contributed by atoms with Gasteiger partial charge in [-0.1, -0.05) is 18.2 Å². The Morgan fingerprint density at radius 1 is 1.28 bits per heavy atom. The molecule has 0 aliphatic carbocycles. The highest BCUT2D eigenvalue weighted by atomic mass is 16.5. The first-order valence-electron chi connectivity index (χ1n) is 6.05. The van der Waals surface area contributed by atoms with Crippen molar-refractivity contribution in [1.82, 2.24) is 0 Å². The van der Waals surface area contributed by atoms with E-state index in [0.29, 0.717) is 6.61 Å². The van der Waals surface area contributed by atoms with Gasteiger partial charge in [0.15, 0.2) is 0 Å². The SMILES string of the molecule is CC(=O)OC/C=C/c1ccc(NC(C)(C)C)cc1. The van der Waals surface area contributed by atoms with Crippen LogP contribution in [0, 0.1) is 0 Å². The molecule has 0 saturated heterocycles. The summed E-state index contributed by atoms with van der Waals surface area (Å²) in [6.07, 6.45) is 3.76. The van der Waals surface area contributed by atoms with Crippen molar-refractivity contribution in [2.75, 3.05) is 11.9 Å². The normalized spacial score (nSPS) is 11.6. The summed E-state index contributed by atoms with van der Waals surface area (Å²) in [5, 5.41) is 3.40. The summed E-state index contributed by atoms with van der Waals surface area (Å²) in [7, 11) is 0. The maximum Gasteiger partial charge on any atom is 0.302 e. The second-order valence-electron chi connectivity index (χ2n) is 5.20. The molecule has 18 heavy (non-hydrogen) atoms. The van der Waals surface area contributed by atoms with E-state index in [0.717, 1.165) is 11.3 Å². The first-order valence-corrected chi connectivity index (χ1v) is 6.05. The minimum absolute atomic E-state index is 0.0622. The molecule has 3 nitrogen and oxygen atoms in total. The number of hydrogen-bond acceptors (Lipinski definition) is 3. The van der Waals surface area contributed by atoms with Crippen molar-refractivity contribution in [3.8, 4) is 0 Å². The van der Waals surface area contributed by atoms with Crippen LogP contribution in [-0.2, 0) is 9.53 Å². The molecule has 0 radical (unpaired) electrons. The number of nitrogens with one attached hydrogen (secondary N) is 1. The lowest BCUT2D eigenvalue weighted by Gasteiger charge is -2.22. The molecule has 3 heteroatoms. The number of benzene rings is 1. The van der Waals surface area contributed by atoms with Crippen molar-refractivity contribution in [3.63, 3.8) is 0 Å². The van der Waals surface area contributed by atoms with Gasteiger partial charge in [0.05, 0.1) is 0 Å². The molecule has 0 bridgehead atoms. The highest BCUT2D eigenvalue weighted by Crippen LogP contribution is 2.15. The van der Waals surface area contributed by atoms with Gasteiger partial charge in [0, 0.05) is 18.2 Å². The van der Waals surface area contributed by atoms with E-state index < -0.39 is 0 Å². The zero-order chi connectivity index (χ0) is 13.6. The zero-order valence-corrected chi connectivity index (χ0v) is 11.5. The fourth-order valence-corrected chi connectivity index (χ4v) is 1.46. The van der Waals surface area contributed by atoms with E-state index in [4.69, 9.17) is 4.74 Å². The van der Waals surface area contributed by atoms with Gasteiger partial charge in [-0.3, -0.25) is 4.79 Å². The van der Waals surface area contributed by atoms with Crippen molar-refractivity contribution in [3.05, 3.63) is 35.9 Å². The molecule has 1 aromatic rings. The van der Waals surface area contributed by atoms with Crippen LogP contribution < -0.4 is 5.32 Å². The summed E-state index contributed by atoms with van der Waals surface area (Å²) in [6.45, 7) is 8.10. The smallest absolute Gasteiger partial charge is 0.302 e. The number of rotatable bonds is 4. The Labute approximate surface area is 109 Å². The van der Waals surface area contributed by atoms with Crippen LogP contribution in [0.1, 0.15) is 33.3 Å². The topological polar surface area (TPSA) is 38.3 Å². The number of carbonyl (C=O) groups is 1. The molecule has 1 aromatic carbocycles. The molecule has 0 aliphatic heterocycles. The summed E-state index contributed by atoms with van der Waals surface area (Å²) in [4.78, 5) is 10.6. The molecule has 1 N–H and O–H groups in total. The van der Waals surface area contributed by atoms with Gasteiger partial charge in [-0.15, -0.1) is 0 Å². The number of ether oxygens (including phenoxy) is 1. The Bertz CT molecular complexity index is 413. The van der Waals surface area contributed by atoms with Crippen molar-refractivity contribution < 1.29 is 9.53 Å². The molecule has 0 unspecified atom stereocenters. The van der Waals surface area contributed by atoms with Gasteiger partial charge in [0.25, 0.3) is 0 Å². The Kier molecular flexibility index (Phi) is 4.95. The van der Waals surface area contributed by atoms with Crippen LogP contribution in [0.25, 0.3) is 6.08 Å². The highest BCUT2D eigenvalue weighted by molar-refractivity contribution is 5.66. The van der Waals surface area contributed by atoms with Crippen LogP contribution in [-0.4, -0.2) is 18.1 Å². The molecular formula is C15H21NO2. The second-order valence-corrected chi connectivity index (χ2v) is 5.20. The minimum atomic E-state index is -0.260. The molecule has 98 valence electrons. The average Bonchev–Trinajstić information content (AvgIpc) is 2.24. The molecule has 0 aromatic heterocycles. The van der Waals surface area contributed by atoms with Crippen LogP contribution in [0.5, 0.6) is 0 Å². The van der Waals surface area contributed by atoms with Gasteiger partial charge in [-0.2, -0.15) is 0 Å². The Hall–Kier alpha value is -1.77. The Balaban J connectivity index is 2.52. The second kappa shape index (κ2) is 6.24. The van der Waals surface area contributed by atoms with Crippen LogP contribution in [0.15, 0.2) is 30.3 Å². The fourth-order valence-electron chi connectivity index (χ4n) is 1.46. The van der Waals surface area contributed by atoms with Crippen LogP contribution in [0.2, 0.25) is 0 Å². The Morgan fingerprint density at radius 2 is 1.89 bits per heavy atom. The first-order chi connectivity index (χ1) is 8.37. The molecule has 0 fully saturated rings. The number of esters is 1. The van der Waals surface area contributed by atoms with Crippen LogP contribution >= 0.6 is 0 Å². The standard InChI is InChI=1S/C15H21NO2/c1-12(17)18-11-5-6-13-7-9-14(10-8-13)16-15(2,3)4/h5-10,16H,11H2,1-4H3/b6-5+. The van der Waals surface area contributed by atoms with Crippen LogP contribution in [0.4, 0.5) is 5.69 Å². The molecule has 0 saturated carbocycles. The van der Waals surface area contributed by atoms with Crippen molar-refractivity contribution >= 4 is 17.7 Å². The van der Waals surface area contributed by atoms with E-state index in [1.165, 1.54) is 6.92 Å². The summed E-state index contributed by atoms with van der Waals surface area (Å²) in [5.41, 5.74) is 2.24. The van der Waals surface area contributed by atoms with Crippen molar-refractivity contribution in [1.29, 1.82) is 0 Å². The maximum atomic E-state index is 10.6. The molecule has 0 atom stereocenters. The third-order valence-corrected chi connectivity index (χ3v) is 2.12. The number of hydrogen-bond donors (Lipinski definition) is 1. The largest absolute Gasteiger partial charge is 0.462 e. The lowest BCUT2D eigenvalue weighted by Crippen LogP contribution is -2.25.